The smallest absolute Gasteiger partial charge is 0.405 e. The van der Waals surface area contributed by atoms with E-state index in [-0.39, 0.29) is 0 Å². The van der Waals surface area contributed by atoms with Crippen LogP contribution in [-0.4, -0.2) is 26.9 Å². The Morgan fingerprint density at radius 1 is 1.06 bits per heavy atom. The van der Waals surface area contributed by atoms with Crippen molar-refractivity contribution in [3.63, 3.8) is 0 Å². The van der Waals surface area contributed by atoms with Gasteiger partial charge in [0.05, 0.1) is 0 Å². The molecule has 0 fully saturated rings. The van der Waals surface area contributed by atoms with Gasteiger partial charge in [-0.2, -0.15) is 5.10 Å². The first kappa shape index (κ1) is 20.4. The zero-order chi connectivity index (χ0) is 21.8. The third kappa shape index (κ3) is 4.83. The highest BCUT2D eigenvalue weighted by atomic mass is 16.6. The molecule has 0 saturated heterocycles. The van der Waals surface area contributed by atoms with Gasteiger partial charge in [0.25, 0.3) is 0 Å². The molecule has 0 unspecified atom stereocenters. The number of carbonyl (C=O) groups excluding carboxylic acids is 1. The molecule has 7 nitrogen and oxygen atoms in total. The minimum Gasteiger partial charge on any atom is -0.444 e. The molecule has 0 saturated carbocycles. The lowest BCUT2D eigenvalue weighted by molar-refractivity contribution is 0.0392. The highest BCUT2D eigenvalue weighted by Gasteiger charge is 2.23. The molecule has 2 heterocycles. The van der Waals surface area contributed by atoms with Gasteiger partial charge in [0, 0.05) is 16.8 Å². The summed E-state index contributed by atoms with van der Waals surface area (Å²) in [4.78, 5) is 15.8. The van der Waals surface area contributed by atoms with E-state index in [1.807, 2.05) is 80.6 Å². The van der Waals surface area contributed by atoms with Crippen LogP contribution in [0.25, 0.3) is 34.2 Å². The lowest BCUT2D eigenvalue weighted by atomic mass is 10.0. The van der Waals surface area contributed by atoms with E-state index in [1.165, 1.54) is 0 Å². The lowest BCUT2D eigenvalue weighted by Gasteiger charge is -2.23. The highest BCUT2D eigenvalue weighted by Crippen LogP contribution is 2.35. The van der Waals surface area contributed by atoms with Crippen molar-refractivity contribution < 1.29 is 13.9 Å². The molecule has 4 rings (SSSR count). The average molecular weight is 416 g/mol. The molecule has 0 aliphatic carbocycles. The van der Waals surface area contributed by atoms with E-state index in [4.69, 9.17) is 19.9 Å². The number of benzene rings is 2. The Morgan fingerprint density at radius 3 is 2.35 bits per heavy atom. The van der Waals surface area contributed by atoms with Crippen molar-refractivity contribution in [3.05, 3.63) is 72.4 Å². The average Bonchev–Trinajstić information content (AvgIpc) is 3.40. The Bertz CT molecular complexity index is 1160. The van der Waals surface area contributed by atoms with Gasteiger partial charge in [-0.05, 0) is 44.9 Å². The molecule has 31 heavy (non-hydrogen) atoms. The van der Waals surface area contributed by atoms with Crippen molar-refractivity contribution in [2.45, 2.75) is 32.3 Å². The Kier molecular flexibility index (Phi) is 5.58. The molecule has 3 N–H and O–H groups in total. The zero-order valence-electron chi connectivity index (χ0n) is 17.5. The van der Waals surface area contributed by atoms with E-state index >= 15 is 0 Å². The number of nitrogens with one attached hydrogen (secondary N) is 1. The van der Waals surface area contributed by atoms with Gasteiger partial charge in [-0.3, -0.25) is 5.10 Å². The molecular weight excluding hydrogens is 392 g/mol. The third-order valence-corrected chi connectivity index (χ3v) is 4.93. The van der Waals surface area contributed by atoms with Gasteiger partial charge >= 0.3 is 6.09 Å². The Balaban J connectivity index is 1.65. The standard InChI is InChI=1S/C24H24N4O3/c1-24(2,31-23(25)29)14-13-18-15-19(28-27-18)21-20(16-9-5-3-6-10-16)26-22(30-21)17-11-7-4-8-12-17/h3-12,15H,13-14H2,1-2H3,(H2,25,29)(H,27,28). The van der Waals surface area contributed by atoms with Crippen LogP contribution in [0.2, 0.25) is 0 Å². The van der Waals surface area contributed by atoms with Gasteiger partial charge in [-0.1, -0.05) is 48.5 Å². The molecule has 1 amide bonds. The van der Waals surface area contributed by atoms with Gasteiger partial charge in [0.2, 0.25) is 5.89 Å². The van der Waals surface area contributed by atoms with Crippen molar-refractivity contribution in [1.82, 2.24) is 15.2 Å². The molecule has 2 aromatic carbocycles. The van der Waals surface area contributed by atoms with Crippen molar-refractivity contribution in [2.75, 3.05) is 0 Å². The maximum absolute atomic E-state index is 11.1. The number of hydrogen-bond donors (Lipinski definition) is 2. The number of nitrogens with zero attached hydrogens (tertiary/aromatic N) is 2. The largest absolute Gasteiger partial charge is 0.444 e. The molecular formula is C24H24N4O3. The summed E-state index contributed by atoms with van der Waals surface area (Å²) >= 11 is 0. The first-order valence-electron chi connectivity index (χ1n) is 10.1. The fraction of sp³-hybridized carbons (Fsp3) is 0.208. The van der Waals surface area contributed by atoms with Crippen molar-refractivity contribution in [2.24, 2.45) is 5.73 Å². The summed E-state index contributed by atoms with van der Waals surface area (Å²) in [5.41, 5.74) is 8.62. The molecule has 4 aromatic rings. The SMILES string of the molecule is CC(C)(CCc1cc(-c2oc(-c3ccccc3)nc2-c2ccccc2)n[nH]1)OC(N)=O. The van der Waals surface area contributed by atoms with Crippen LogP contribution in [0.1, 0.15) is 26.0 Å². The van der Waals surface area contributed by atoms with Gasteiger partial charge in [-0.15, -0.1) is 0 Å². The number of rotatable bonds is 7. The molecule has 0 aliphatic rings. The quantitative estimate of drug-likeness (QED) is 0.430. The molecule has 0 radical (unpaired) electrons. The summed E-state index contributed by atoms with van der Waals surface area (Å²) < 4.78 is 11.3. The minimum absolute atomic E-state index is 0.537. The zero-order valence-corrected chi connectivity index (χ0v) is 17.5. The second kappa shape index (κ2) is 8.47. The number of carbonyl (C=O) groups is 1. The fourth-order valence-corrected chi connectivity index (χ4v) is 3.35. The van der Waals surface area contributed by atoms with Crippen LogP contribution in [-0.2, 0) is 11.2 Å². The Hall–Kier alpha value is -3.87. The number of nitrogens with two attached hydrogens (primary N) is 1. The Morgan fingerprint density at radius 2 is 1.71 bits per heavy atom. The van der Waals surface area contributed by atoms with Gasteiger partial charge in [-0.25, -0.2) is 9.78 Å². The summed E-state index contributed by atoms with van der Waals surface area (Å²) in [5, 5.41) is 7.50. The van der Waals surface area contributed by atoms with Gasteiger partial charge < -0.3 is 14.9 Å². The van der Waals surface area contributed by atoms with Crippen LogP contribution in [0.5, 0.6) is 0 Å². The van der Waals surface area contributed by atoms with Crippen LogP contribution < -0.4 is 5.73 Å². The molecule has 7 heteroatoms. The number of oxazole rings is 1. The second-order valence-corrected chi connectivity index (χ2v) is 7.89. The van der Waals surface area contributed by atoms with E-state index in [0.717, 1.165) is 22.5 Å². The fourth-order valence-electron chi connectivity index (χ4n) is 3.35. The number of hydrogen-bond acceptors (Lipinski definition) is 5. The summed E-state index contributed by atoms with van der Waals surface area (Å²) in [5.74, 6) is 1.13. The van der Waals surface area contributed by atoms with E-state index < -0.39 is 11.7 Å². The first-order chi connectivity index (χ1) is 14.9. The number of H-pyrrole nitrogens is 1. The van der Waals surface area contributed by atoms with Crippen LogP contribution >= 0.6 is 0 Å². The molecule has 0 bridgehead atoms. The number of primary amides is 1. The number of aromatic amines is 1. The number of amides is 1. The molecule has 158 valence electrons. The topological polar surface area (TPSA) is 107 Å². The molecule has 2 aromatic heterocycles. The van der Waals surface area contributed by atoms with Crippen LogP contribution in [0.4, 0.5) is 4.79 Å². The van der Waals surface area contributed by atoms with Gasteiger partial charge in [0.15, 0.2) is 5.76 Å². The van der Waals surface area contributed by atoms with Crippen molar-refractivity contribution in [3.8, 4) is 34.2 Å². The maximum atomic E-state index is 11.1. The molecule has 0 spiro atoms. The van der Waals surface area contributed by atoms with Crippen LogP contribution in [0, 0.1) is 0 Å². The number of aryl methyl sites for hydroxylation is 1. The summed E-state index contributed by atoms with van der Waals surface area (Å²) in [7, 11) is 0. The van der Waals surface area contributed by atoms with Gasteiger partial charge in [0.1, 0.15) is 17.0 Å². The maximum Gasteiger partial charge on any atom is 0.405 e. The van der Waals surface area contributed by atoms with Crippen molar-refractivity contribution in [1.29, 1.82) is 0 Å². The molecule has 0 aliphatic heterocycles. The van der Waals surface area contributed by atoms with E-state index in [2.05, 4.69) is 10.2 Å². The summed E-state index contributed by atoms with van der Waals surface area (Å²) in [6, 6.07) is 21.6. The van der Waals surface area contributed by atoms with E-state index in [1.54, 1.807) is 0 Å². The number of aromatic nitrogens is 3. The van der Waals surface area contributed by atoms with E-state index in [9.17, 15) is 4.79 Å². The monoisotopic (exact) mass is 416 g/mol. The van der Waals surface area contributed by atoms with Crippen LogP contribution in [0.15, 0.2) is 71.1 Å². The Labute approximate surface area is 180 Å². The first-order valence-corrected chi connectivity index (χ1v) is 10.1. The predicted molar refractivity (Wildman–Crippen MR) is 118 cm³/mol. The lowest BCUT2D eigenvalue weighted by Crippen LogP contribution is -2.31. The molecule has 0 atom stereocenters. The van der Waals surface area contributed by atoms with Crippen LogP contribution in [0.3, 0.4) is 0 Å². The highest BCUT2D eigenvalue weighted by molar-refractivity contribution is 5.77. The normalized spacial score (nSPS) is 11.4. The predicted octanol–water partition coefficient (Wildman–Crippen LogP) is 5.21. The summed E-state index contributed by atoms with van der Waals surface area (Å²) in [6.45, 7) is 3.65. The van der Waals surface area contributed by atoms with Crippen molar-refractivity contribution >= 4 is 6.09 Å². The minimum atomic E-state index is -0.780. The van der Waals surface area contributed by atoms with E-state index in [0.29, 0.717) is 30.2 Å². The second-order valence-electron chi connectivity index (χ2n) is 7.89. The number of ether oxygens (including phenoxy) is 1. The third-order valence-electron chi connectivity index (χ3n) is 4.93. The summed E-state index contributed by atoms with van der Waals surface area (Å²) in [6.07, 6.45) is 0.445.